The summed E-state index contributed by atoms with van der Waals surface area (Å²) in [5, 5.41) is 22.7. The van der Waals surface area contributed by atoms with Gasteiger partial charge in [0, 0.05) is 18.7 Å². The van der Waals surface area contributed by atoms with Gasteiger partial charge in [0.15, 0.2) is 5.69 Å². The number of alkyl halides is 3. The van der Waals surface area contributed by atoms with Gasteiger partial charge < -0.3 is 9.64 Å². The van der Waals surface area contributed by atoms with Crippen LogP contribution in [0.1, 0.15) is 26.3 Å². The fourth-order valence-electron chi connectivity index (χ4n) is 2.42. The van der Waals surface area contributed by atoms with Crippen LogP contribution in [0.3, 0.4) is 0 Å². The van der Waals surface area contributed by atoms with E-state index in [9.17, 15) is 33.4 Å². The zero-order valence-electron chi connectivity index (χ0n) is 13.4. The minimum Gasteiger partial charge on any atom is -0.490 e. The molecule has 0 aromatic heterocycles. The molecule has 0 fully saturated rings. The molecule has 0 radical (unpaired) electrons. The van der Waals surface area contributed by atoms with Gasteiger partial charge in [-0.3, -0.25) is 20.2 Å². The van der Waals surface area contributed by atoms with E-state index in [2.05, 4.69) is 4.74 Å². The monoisotopic (exact) mass is 351 g/mol. The molecule has 0 aliphatic heterocycles. The fourth-order valence-corrected chi connectivity index (χ4v) is 2.42. The standard InChI is InChI=1S/C13H16F3N3O5/c1-5-17(7(2)3)10-9(18(20)21)6-8(13(14,15)16)12(24-4)11(10)19(22)23/h6-7H,5H2,1-4H3. The van der Waals surface area contributed by atoms with Crippen LogP contribution in [0.5, 0.6) is 5.75 Å². The molecule has 0 saturated heterocycles. The summed E-state index contributed by atoms with van der Waals surface area (Å²) < 4.78 is 44.1. The Morgan fingerprint density at radius 1 is 1.25 bits per heavy atom. The van der Waals surface area contributed by atoms with Gasteiger partial charge in [0.25, 0.3) is 0 Å². The number of nitrogens with zero attached hydrogens (tertiary/aromatic N) is 3. The second-order valence-electron chi connectivity index (χ2n) is 5.07. The zero-order valence-corrected chi connectivity index (χ0v) is 13.4. The lowest BCUT2D eigenvalue weighted by Crippen LogP contribution is -2.32. The number of nitro benzene ring substituents is 2. The third kappa shape index (κ3) is 3.49. The van der Waals surface area contributed by atoms with E-state index in [0.29, 0.717) is 0 Å². The van der Waals surface area contributed by atoms with E-state index in [1.807, 2.05) is 0 Å². The molecule has 11 heteroatoms. The largest absolute Gasteiger partial charge is 0.490 e. The lowest BCUT2D eigenvalue weighted by molar-refractivity contribution is -0.393. The SMILES string of the molecule is CCN(c1c([N+](=O)[O-])cc(C(F)(F)F)c(OC)c1[N+](=O)[O-])C(C)C. The van der Waals surface area contributed by atoms with Gasteiger partial charge in [-0.2, -0.15) is 13.2 Å². The first-order chi connectivity index (χ1) is 11.0. The normalized spacial score (nSPS) is 11.5. The molecule has 24 heavy (non-hydrogen) atoms. The highest BCUT2D eigenvalue weighted by molar-refractivity contribution is 5.82. The summed E-state index contributed by atoms with van der Waals surface area (Å²) in [4.78, 5) is 21.8. The van der Waals surface area contributed by atoms with Crippen LogP contribution >= 0.6 is 0 Å². The molecule has 0 spiro atoms. The van der Waals surface area contributed by atoms with Crippen LogP contribution in [-0.4, -0.2) is 29.5 Å². The molecule has 1 aromatic carbocycles. The predicted molar refractivity (Wildman–Crippen MR) is 79.5 cm³/mol. The van der Waals surface area contributed by atoms with Crippen LogP contribution in [0.25, 0.3) is 0 Å². The van der Waals surface area contributed by atoms with E-state index in [-0.39, 0.29) is 12.6 Å². The second kappa shape index (κ2) is 6.89. The highest BCUT2D eigenvalue weighted by atomic mass is 19.4. The minimum absolute atomic E-state index is 0.119. The zero-order chi connectivity index (χ0) is 18.8. The number of anilines is 1. The Kier molecular flexibility index (Phi) is 5.58. The Hall–Kier alpha value is -2.59. The van der Waals surface area contributed by atoms with E-state index in [4.69, 9.17) is 0 Å². The molecule has 0 amide bonds. The smallest absolute Gasteiger partial charge is 0.420 e. The summed E-state index contributed by atoms with van der Waals surface area (Å²) in [5.41, 5.74) is -4.14. The molecule has 0 saturated carbocycles. The predicted octanol–water partition coefficient (Wildman–Crippen LogP) is 3.77. The van der Waals surface area contributed by atoms with E-state index in [1.54, 1.807) is 20.8 Å². The van der Waals surface area contributed by atoms with E-state index in [1.165, 1.54) is 4.90 Å². The summed E-state index contributed by atoms with van der Waals surface area (Å²) in [7, 11) is 0.846. The van der Waals surface area contributed by atoms with Crippen LogP contribution in [0.15, 0.2) is 6.07 Å². The number of ether oxygens (including phenoxy) is 1. The van der Waals surface area contributed by atoms with Gasteiger partial charge >= 0.3 is 17.6 Å². The first kappa shape index (κ1) is 19.5. The molecule has 1 aromatic rings. The highest BCUT2D eigenvalue weighted by Crippen LogP contribution is 2.51. The molecule has 1 rings (SSSR count). The highest BCUT2D eigenvalue weighted by Gasteiger charge is 2.44. The van der Waals surface area contributed by atoms with Gasteiger partial charge in [-0.1, -0.05) is 0 Å². The molecule has 134 valence electrons. The van der Waals surface area contributed by atoms with Gasteiger partial charge in [-0.15, -0.1) is 0 Å². The van der Waals surface area contributed by atoms with Crippen LogP contribution in [0.2, 0.25) is 0 Å². The molecule has 0 unspecified atom stereocenters. The molecule has 0 aliphatic rings. The van der Waals surface area contributed by atoms with Gasteiger partial charge in [-0.05, 0) is 20.8 Å². The number of benzene rings is 1. The van der Waals surface area contributed by atoms with Crippen molar-refractivity contribution in [1.29, 1.82) is 0 Å². The van der Waals surface area contributed by atoms with Crippen molar-refractivity contribution >= 4 is 17.1 Å². The molecule has 0 heterocycles. The van der Waals surface area contributed by atoms with Crippen LogP contribution in [0.4, 0.5) is 30.2 Å². The summed E-state index contributed by atoms with van der Waals surface area (Å²) in [6.45, 7) is 4.92. The van der Waals surface area contributed by atoms with Crippen molar-refractivity contribution in [2.75, 3.05) is 18.6 Å². The molecular formula is C13H16F3N3O5. The van der Waals surface area contributed by atoms with E-state index in [0.717, 1.165) is 7.11 Å². The number of nitro groups is 2. The number of rotatable bonds is 6. The van der Waals surface area contributed by atoms with Gasteiger partial charge in [-0.25, -0.2) is 0 Å². The summed E-state index contributed by atoms with van der Waals surface area (Å²) in [5.74, 6) is -1.05. The van der Waals surface area contributed by atoms with E-state index >= 15 is 0 Å². The van der Waals surface area contributed by atoms with Crippen LogP contribution in [0, 0.1) is 20.2 Å². The Morgan fingerprint density at radius 3 is 2.08 bits per heavy atom. The number of halogens is 3. The quantitative estimate of drug-likeness (QED) is 0.571. The Balaban J connectivity index is 4.05. The molecule has 0 bridgehead atoms. The Bertz CT molecular complexity index is 661. The van der Waals surface area contributed by atoms with Crippen molar-refractivity contribution in [3.63, 3.8) is 0 Å². The maximum absolute atomic E-state index is 13.2. The average Bonchev–Trinajstić information content (AvgIpc) is 2.44. The van der Waals surface area contributed by atoms with Crippen molar-refractivity contribution in [2.45, 2.75) is 33.0 Å². The average molecular weight is 351 g/mol. The Labute approximate surface area is 135 Å². The second-order valence-corrected chi connectivity index (χ2v) is 5.07. The van der Waals surface area contributed by atoms with Crippen molar-refractivity contribution in [3.05, 3.63) is 31.9 Å². The maximum atomic E-state index is 13.2. The van der Waals surface area contributed by atoms with Gasteiger partial charge in [0.2, 0.25) is 5.75 Å². The van der Waals surface area contributed by atoms with Crippen LogP contribution < -0.4 is 9.64 Å². The lowest BCUT2D eigenvalue weighted by Gasteiger charge is -2.27. The molecule has 8 nitrogen and oxygen atoms in total. The van der Waals surface area contributed by atoms with Gasteiger partial charge in [0.1, 0.15) is 5.56 Å². The van der Waals surface area contributed by atoms with Crippen molar-refractivity contribution in [2.24, 2.45) is 0 Å². The molecule has 0 aliphatic carbocycles. The third-order valence-electron chi connectivity index (χ3n) is 3.35. The third-order valence-corrected chi connectivity index (χ3v) is 3.35. The molecule has 0 atom stereocenters. The van der Waals surface area contributed by atoms with Crippen molar-refractivity contribution < 1.29 is 27.8 Å². The first-order valence-corrected chi connectivity index (χ1v) is 6.84. The van der Waals surface area contributed by atoms with Crippen molar-refractivity contribution in [1.82, 2.24) is 0 Å². The maximum Gasteiger partial charge on any atom is 0.420 e. The molecule has 0 N–H and O–H groups in total. The molecular weight excluding hydrogens is 335 g/mol. The first-order valence-electron chi connectivity index (χ1n) is 6.84. The Morgan fingerprint density at radius 2 is 1.79 bits per heavy atom. The number of methoxy groups -OCH3 is 1. The van der Waals surface area contributed by atoms with Crippen LogP contribution in [-0.2, 0) is 6.18 Å². The number of hydrogen-bond acceptors (Lipinski definition) is 6. The summed E-state index contributed by atoms with van der Waals surface area (Å²) in [6.07, 6.45) is -5.05. The van der Waals surface area contributed by atoms with E-state index < -0.39 is 50.4 Å². The lowest BCUT2D eigenvalue weighted by atomic mass is 10.1. The minimum atomic E-state index is -5.05. The fraction of sp³-hybridized carbons (Fsp3) is 0.538. The number of hydrogen-bond donors (Lipinski definition) is 0. The summed E-state index contributed by atoms with van der Waals surface area (Å²) in [6, 6.07) is -0.152. The van der Waals surface area contributed by atoms with Crippen molar-refractivity contribution in [3.8, 4) is 5.75 Å². The summed E-state index contributed by atoms with van der Waals surface area (Å²) >= 11 is 0. The van der Waals surface area contributed by atoms with Gasteiger partial charge in [0.05, 0.1) is 17.0 Å². The topological polar surface area (TPSA) is 98.8 Å².